The molecule has 0 spiro atoms. The lowest BCUT2D eigenvalue weighted by Crippen LogP contribution is -2.34. The summed E-state index contributed by atoms with van der Waals surface area (Å²) in [5.74, 6) is -0.716. The van der Waals surface area contributed by atoms with Gasteiger partial charge in [-0.3, -0.25) is 4.79 Å². The third kappa shape index (κ3) is 4.72. The maximum absolute atomic E-state index is 13.3. The van der Waals surface area contributed by atoms with Crippen molar-refractivity contribution in [1.82, 2.24) is 4.90 Å². The number of ether oxygens (including phenoxy) is 3. The molecule has 0 atom stereocenters. The Labute approximate surface area is 166 Å². The number of likely N-dealkylation sites (N-methyl/N-ethyl adjacent to an activating group) is 1. The van der Waals surface area contributed by atoms with Gasteiger partial charge < -0.3 is 19.1 Å². The number of hydrogen-bond acceptors (Lipinski definition) is 5. The Hall–Kier alpha value is -2.80. The number of benzene rings is 2. The zero-order valence-corrected chi connectivity index (χ0v) is 16.0. The summed E-state index contributed by atoms with van der Waals surface area (Å²) in [6.07, 6.45) is 0. The highest BCUT2D eigenvalue weighted by molar-refractivity contribution is 6.32. The molecule has 0 radical (unpaired) electrons. The van der Waals surface area contributed by atoms with Crippen LogP contribution in [-0.2, 0) is 16.1 Å². The highest BCUT2D eigenvalue weighted by atomic mass is 35.5. The van der Waals surface area contributed by atoms with E-state index in [4.69, 9.17) is 25.8 Å². The fourth-order valence-corrected chi connectivity index (χ4v) is 3.03. The SMILES string of the molecule is CCN(Cc1cccc(F)c1)C(=O)COC(=O)c1cc(Cl)c2c(c1)OCCO2. The maximum Gasteiger partial charge on any atom is 0.338 e. The van der Waals surface area contributed by atoms with Gasteiger partial charge >= 0.3 is 5.97 Å². The number of carbonyl (C=O) groups excluding carboxylic acids is 2. The first-order chi connectivity index (χ1) is 13.5. The van der Waals surface area contributed by atoms with Gasteiger partial charge in [0.1, 0.15) is 19.0 Å². The number of rotatable bonds is 6. The van der Waals surface area contributed by atoms with Crippen molar-refractivity contribution in [1.29, 1.82) is 0 Å². The molecule has 6 nitrogen and oxygen atoms in total. The average Bonchev–Trinajstić information content (AvgIpc) is 2.70. The molecule has 148 valence electrons. The Morgan fingerprint density at radius 1 is 1.21 bits per heavy atom. The van der Waals surface area contributed by atoms with Crippen LogP contribution in [0.4, 0.5) is 4.39 Å². The Balaban J connectivity index is 1.61. The number of hydrogen-bond donors (Lipinski definition) is 0. The van der Waals surface area contributed by atoms with Crippen molar-refractivity contribution in [3.63, 3.8) is 0 Å². The molecule has 1 aliphatic heterocycles. The predicted octanol–water partition coefficient (Wildman–Crippen LogP) is 3.46. The number of nitrogens with zero attached hydrogens (tertiary/aromatic N) is 1. The summed E-state index contributed by atoms with van der Waals surface area (Å²) in [5.41, 5.74) is 0.815. The average molecular weight is 408 g/mol. The van der Waals surface area contributed by atoms with Crippen molar-refractivity contribution >= 4 is 23.5 Å². The molecule has 28 heavy (non-hydrogen) atoms. The van der Waals surface area contributed by atoms with Crippen LogP contribution in [0.1, 0.15) is 22.8 Å². The molecule has 1 amide bonds. The molecule has 0 N–H and O–H groups in total. The largest absolute Gasteiger partial charge is 0.486 e. The van der Waals surface area contributed by atoms with Crippen molar-refractivity contribution in [3.8, 4) is 11.5 Å². The van der Waals surface area contributed by atoms with Crippen LogP contribution in [0.15, 0.2) is 36.4 Å². The first-order valence-electron chi connectivity index (χ1n) is 8.76. The lowest BCUT2D eigenvalue weighted by molar-refractivity contribution is -0.134. The van der Waals surface area contributed by atoms with E-state index in [0.717, 1.165) is 0 Å². The summed E-state index contributed by atoms with van der Waals surface area (Å²) in [6, 6.07) is 8.88. The van der Waals surface area contributed by atoms with Gasteiger partial charge in [0.05, 0.1) is 10.6 Å². The summed E-state index contributed by atoms with van der Waals surface area (Å²) in [5, 5.41) is 0.233. The van der Waals surface area contributed by atoms with Gasteiger partial charge in [-0.25, -0.2) is 9.18 Å². The Morgan fingerprint density at radius 2 is 2.00 bits per heavy atom. The van der Waals surface area contributed by atoms with E-state index in [2.05, 4.69) is 0 Å². The van der Waals surface area contributed by atoms with Crippen LogP contribution in [0.3, 0.4) is 0 Å². The van der Waals surface area contributed by atoms with Gasteiger partial charge in [-0.05, 0) is 36.8 Å². The first-order valence-corrected chi connectivity index (χ1v) is 9.14. The van der Waals surface area contributed by atoms with E-state index in [9.17, 15) is 14.0 Å². The summed E-state index contributed by atoms with van der Waals surface area (Å²) >= 11 is 6.11. The van der Waals surface area contributed by atoms with Gasteiger partial charge in [-0.2, -0.15) is 0 Å². The molecular weight excluding hydrogens is 389 g/mol. The fourth-order valence-electron chi connectivity index (χ4n) is 2.76. The van der Waals surface area contributed by atoms with Gasteiger partial charge in [-0.1, -0.05) is 23.7 Å². The zero-order chi connectivity index (χ0) is 20.1. The molecule has 2 aromatic carbocycles. The molecule has 1 aliphatic rings. The van der Waals surface area contributed by atoms with E-state index >= 15 is 0 Å². The smallest absolute Gasteiger partial charge is 0.338 e. The third-order valence-corrected chi connectivity index (χ3v) is 4.44. The highest BCUT2D eigenvalue weighted by Crippen LogP contribution is 2.38. The van der Waals surface area contributed by atoms with Crippen molar-refractivity contribution in [2.45, 2.75) is 13.5 Å². The minimum atomic E-state index is -0.700. The molecule has 0 unspecified atom stereocenters. The third-order valence-electron chi connectivity index (χ3n) is 4.16. The fraction of sp³-hybridized carbons (Fsp3) is 0.300. The molecular formula is C20H19ClFNO5. The van der Waals surface area contributed by atoms with E-state index in [0.29, 0.717) is 36.8 Å². The van der Waals surface area contributed by atoms with Gasteiger partial charge in [-0.15, -0.1) is 0 Å². The van der Waals surface area contributed by atoms with Crippen LogP contribution in [0.25, 0.3) is 0 Å². The van der Waals surface area contributed by atoms with Crippen molar-refractivity contribution in [2.75, 3.05) is 26.4 Å². The molecule has 0 fully saturated rings. The van der Waals surface area contributed by atoms with Gasteiger partial charge in [0.25, 0.3) is 5.91 Å². The normalized spacial score (nSPS) is 12.4. The highest BCUT2D eigenvalue weighted by Gasteiger charge is 2.21. The second-order valence-corrected chi connectivity index (χ2v) is 6.50. The number of halogens is 2. The van der Waals surface area contributed by atoms with Crippen LogP contribution < -0.4 is 9.47 Å². The van der Waals surface area contributed by atoms with Crippen LogP contribution in [0.5, 0.6) is 11.5 Å². The molecule has 0 bridgehead atoms. The minimum Gasteiger partial charge on any atom is -0.486 e. The molecule has 2 aromatic rings. The van der Waals surface area contributed by atoms with E-state index in [-0.39, 0.29) is 28.9 Å². The standard InChI is InChI=1S/C20H19ClFNO5/c1-2-23(11-13-4-3-5-15(22)8-13)18(24)12-28-20(25)14-9-16(21)19-17(10-14)26-6-7-27-19/h3-5,8-10H,2,6-7,11-12H2,1H3. The lowest BCUT2D eigenvalue weighted by Gasteiger charge is -2.21. The van der Waals surface area contributed by atoms with Gasteiger partial charge in [0.15, 0.2) is 18.1 Å². The van der Waals surface area contributed by atoms with Gasteiger partial charge in [0, 0.05) is 13.1 Å². The van der Waals surface area contributed by atoms with Crippen molar-refractivity contribution in [3.05, 3.63) is 58.4 Å². The molecule has 0 saturated heterocycles. The Morgan fingerprint density at radius 3 is 2.75 bits per heavy atom. The molecule has 8 heteroatoms. The number of carbonyl (C=O) groups is 2. The summed E-state index contributed by atoms with van der Waals surface area (Å²) in [4.78, 5) is 26.2. The monoisotopic (exact) mass is 407 g/mol. The van der Waals surface area contributed by atoms with Crippen LogP contribution in [0, 0.1) is 5.82 Å². The van der Waals surface area contributed by atoms with Crippen molar-refractivity contribution < 1.29 is 28.2 Å². The van der Waals surface area contributed by atoms with Gasteiger partial charge in [0.2, 0.25) is 0 Å². The van der Waals surface area contributed by atoms with Crippen molar-refractivity contribution in [2.24, 2.45) is 0 Å². The van der Waals surface area contributed by atoms with Crippen LogP contribution in [-0.4, -0.2) is 43.1 Å². The molecule has 0 aromatic heterocycles. The summed E-state index contributed by atoms with van der Waals surface area (Å²) < 4.78 is 29.3. The maximum atomic E-state index is 13.3. The summed E-state index contributed by atoms with van der Waals surface area (Å²) in [7, 11) is 0. The van der Waals surface area contributed by atoms with Crippen LogP contribution >= 0.6 is 11.6 Å². The molecule has 1 heterocycles. The second kappa shape index (κ2) is 8.93. The number of esters is 1. The van der Waals surface area contributed by atoms with E-state index < -0.39 is 12.6 Å². The molecule has 3 rings (SSSR count). The Bertz CT molecular complexity index is 889. The topological polar surface area (TPSA) is 65.1 Å². The number of fused-ring (bicyclic) bond motifs is 1. The van der Waals surface area contributed by atoms with E-state index in [1.165, 1.54) is 29.2 Å². The molecule has 0 aliphatic carbocycles. The summed E-state index contributed by atoms with van der Waals surface area (Å²) in [6.45, 7) is 2.70. The van der Waals surface area contributed by atoms with E-state index in [1.54, 1.807) is 19.1 Å². The zero-order valence-electron chi connectivity index (χ0n) is 15.2. The predicted molar refractivity (Wildman–Crippen MR) is 100 cm³/mol. The molecule has 0 saturated carbocycles. The van der Waals surface area contributed by atoms with E-state index in [1.807, 2.05) is 0 Å². The number of amides is 1. The Kier molecular flexibility index (Phi) is 6.36. The first kappa shape index (κ1) is 19.9. The second-order valence-electron chi connectivity index (χ2n) is 6.10. The quantitative estimate of drug-likeness (QED) is 0.686. The van der Waals surface area contributed by atoms with Crippen LogP contribution in [0.2, 0.25) is 5.02 Å². The minimum absolute atomic E-state index is 0.162. The lowest BCUT2D eigenvalue weighted by atomic mass is 10.2.